The Morgan fingerprint density at radius 2 is 1.88 bits per heavy atom. The van der Waals surface area contributed by atoms with Crippen molar-refractivity contribution in [2.24, 2.45) is 5.73 Å². The zero-order chi connectivity index (χ0) is 18.2. The lowest BCUT2D eigenvalue weighted by Gasteiger charge is -2.11. The van der Waals surface area contributed by atoms with Gasteiger partial charge in [-0.3, -0.25) is 4.79 Å². The highest BCUT2D eigenvalue weighted by Gasteiger charge is 2.01. The van der Waals surface area contributed by atoms with Crippen LogP contribution in [0.4, 0.5) is 0 Å². The molecule has 0 fully saturated rings. The maximum atomic E-state index is 11.5. The van der Waals surface area contributed by atoms with Crippen molar-refractivity contribution in [2.75, 3.05) is 26.3 Å². The first-order valence-electron chi connectivity index (χ1n) is 8.92. The fourth-order valence-corrected chi connectivity index (χ4v) is 1.81. The molecule has 0 bridgehead atoms. The lowest BCUT2D eigenvalue weighted by Crippen LogP contribution is -2.28. The van der Waals surface area contributed by atoms with Gasteiger partial charge in [0, 0.05) is 52.6 Å². The van der Waals surface area contributed by atoms with E-state index in [2.05, 4.69) is 36.4 Å². The number of rotatable bonds is 15. The highest BCUT2D eigenvalue weighted by molar-refractivity contribution is 5.75. The van der Waals surface area contributed by atoms with Crippen molar-refractivity contribution in [3.05, 3.63) is 24.2 Å². The molecule has 1 amide bonds. The fourth-order valence-electron chi connectivity index (χ4n) is 1.81. The van der Waals surface area contributed by atoms with Crippen LogP contribution in [0, 0.1) is 0 Å². The molecule has 0 saturated heterocycles. The third-order valence-electron chi connectivity index (χ3n) is 3.19. The van der Waals surface area contributed by atoms with Crippen LogP contribution in [0.5, 0.6) is 0 Å². The van der Waals surface area contributed by atoms with Crippen LogP contribution in [0.2, 0.25) is 0 Å². The Morgan fingerprint density at radius 1 is 1.20 bits per heavy atom. The van der Waals surface area contributed by atoms with Crippen LogP contribution in [0.25, 0.3) is 0 Å². The molecule has 0 aliphatic rings. The van der Waals surface area contributed by atoms with Gasteiger partial charge in [-0.2, -0.15) is 0 Å². The van der Waals surface area contributed by atoms with E-state index in [1.165, 1.54) is 0 Å². The molecular formula is C18H43N5O2. The quantitative estimate of drug-likeness (QED) is 0.286. The lowest BCUT2D eigenvalue weighted by molar-refractivity contribution is -0.122. The highest BCUT2D eigenvalue weighted by Crippen LogP contribution is 2.03. The molecular weight excluding hydrogens is 318 g/mol. The molecule has 0 heterocycles. The molecule has 0 aliphatic carbocycles. The van der Waals surface area contributed by atoms with Gasteiger partial charge in [-0.1, -0.05) is 13.5 Å². The Kier molecular flexibility index (Phi) is 17.5. The van der Waals surface area contributed by atoms with E-state index in [1.54, 1.807) is 0 Å². The lowest BCUT2D eigenvalue weighted by atomic mass is 10.2. The first-order valence-corrected chi connectivity index (χ1v) is 8.92. The van der Waals surface area contributed by atoms with Crippen molar-refractivity contribution in [3.8, 4) is 0 Å². The van der Waals surface area contributed by atoms with Gasteiger partial charge in [-0.25, -0.2) is 0 Å². The van der Waals surface area contributed by atoms with Gasteiger partial charge in [0.2, 0.25) is 5.91 Å². The summed E-state index contributed by atoms with van der Waals surface area (Å²) in [4.78, 5) is 11.5. The van der Waals surface area contributed by atoms with Crippen LogP contribution in [-0.2, 0) is 9.53 Å². The van der Waals surface area contributed by atoms with Gasteiger partial charge in [-0.15, -0.1) is 0 Å². The van der Waals surface area contributed by atoms with Gasteiger partial charge in [0.05, 0.1) is 6.61 Å². The standard InChI is InChI=1S/C18H36N4O2.H3N.2H2/c1-5-12-24-13-9-18(23)21-11-6-10-20-16(4)7-8-17(19)14-22-15(2)3;;;/h14-15,20,22H,4-13,19H2,1-3H3,(H,21,23);1H3;2*1H/b17-14-;;;. The number of nitrogens with two attached hydrogens (primary N) is 1. The van der Waals surface area contributed by atoms with E-state index >= 15 is 0 Å². The first-order chi connectivity index (χ1) is 11.5. The van der Waals surface area contributed by atoms with Crippen molar-refractivity contribution in [1.82, 2.24) is 22.1 Å². The van der Waals surface area contributed by atoms with Gasteiger partial charge in [0.25, 0.3) is 0 Å². The number of carbonyl (C=O) groups excluding carboxylic acids is 1. The predicted octanol–water partition coefficient (Wildman–Crippen LogP) is 2.65. The maximum absolute atomic E-state index is 11.5. The number of nitrogens with one attached hydrogen (secondary N) is 3. The van der Waals surface area contributed by atoms with Gasteiger partial charge in [0.1, 0.15) is 0 Å². The normalized spacial score (nSPS) is 11.0. The Morgan fingerprint density at radius 3 is 2.52 bits per heavy atom. The van der Waals surface area contributed by atoms with Crippen LogP contribution in [0.1, 0.15) is 55.7 Å². The van der Waals surface area contributed by atoms with Crippen LogP contribution >= 0.6 is 0 Å². The molecule has 0 aromatic carbocycles. The summed E-state index contributed by atoms with van der Waals surface area (Å²) in [6.07, 6.45) is 5.71. The van der Waals surface area contributed by atoms with Gasteiger partial charge >= 0.3 is 0 Å². The third-order valence-corrected chi connectivity index (χ3v) is 3.19. The predicted molar refractivity (Wildman–Crippen MR) is 110 cm³/mol. The van der Waals surface area contributed by atoms with E-state index < -0.39 is 0 Å². The summed E-state index contributed by atoms with van der Waals surface area (Å²) in [5.74, 6) is 0.0421. The molecule has 152 valence electrons. The number of amides is 1. The van der Waals surface area contributed by atoms with Gasteiger partial charge in [0.15, 0.2) is 0 Å². The summed E-state index contributed by atoms with van der Waals surface area (Å²) in [6, 6.07) is 0.387. The molecule has 0 unspecified atom stereocenters. The number of ether oxygens (including phenoxy) is 1. The summed E-state index contributed by atoms with van der Waals surface area (Å²) in [7, 11) is 0. The molecule has 7 nitrogen and oxygen atoms in total. The van der Waals surface area contributed by atoms with Crippen molar-refractivity contribution >= 4 is 5.91 Å². The fraction of sp³-hybridized carbons (Fsp3) is 0.722. The average Bonchev–Trinajstić information content (AvgIpc) is 2.54. The zero-order valence-electron chi connectivity index (χ0n) is 16.3. The topological polar surface area (TPSA) is 123 Å². The zero-order valence-corrected chi connectivity index (χ0v) is 16.3. The number of hydrogen-bond acceptors (Lipinski definition) is 6. The minimum Gasteiger partial charge on any atom is -0.401 e. The molecule has 8 N–H and O–H groups in total. The summed E-state index contributed by atoms with van der Waals surface area (Å²) in [5, 5.41) is 9.32. The van der Waals surface area contributed by atoms with Crippen LogP contribution in [-0.4, -0.2) is 38.3 Å². The minimum atomic E-state index is 0. The molecule has 0 atom stereocenters. The molecule has 0 saturated carbocycles. The second kappa shape index (κ2) is 17.1. The van der Waals surface area contributed by atoms with E-state index in [9.17, 15) is 4.79 Å². The summed E-state index contributed by atoms with van der Waals surface area (Å²) in [5.41, 5.74) is 7.70. The average molecular weight is 362 g/mol. The molecule has 0 aromatic rings. The largest absolute Gasteiger partial charge is 0.401 e. The Hall–Kier alpha value is -1.73. The number of hydrogen-bond donors (Lipinski definition) is 5. The number of carbonyl (C=O) groups is 1. The SMILES string of the molecule is C=C(CC/C(N)=C/NC(C)C)NCCCNC(=O)CCOCCC.N.[HH].[HH]. The second-order valence-corrected chi connectivity index (χ2v) is 6.14. The molecule has 0 aliphatic heterocycles. The number of allylic oxidation sites excluding steroid dienone is 2. The highest BCUT2D eigenvalue weighted by atomic mass is 16.5. The molecule has 0 rings (SSSR count). The monoisotopic (exact) mass is 361 g/mol. The van der Waals surface area contributed by atoms with E-state index in [0.717, 1.165) is 43.6 Å². The summed E-state index contributed by atoms with van der Waals surface area (Å²) >= 11 is 0. The van der Waals surface area contributed by atoms with Gasteiger partial charge in [-0.05, 0) is 39.5 Å². The molecule has 0 radical (unpaired) electrons. The minimum absolute atomic E-state index is 0. The van der Waals surface area contributed by atoms with Crippen LogP contribution in [0.15, 0.2) is 24.2 Å². The van der Waals surface area contributed by atoms with Crippen LogP contribution < -0.4 is 27.8 Å². The molecule has 25 heavy (non-hydrogen) atoms. The molecule has 0 spiro atoms. The Bertz CT molecular complexity index is 394. The molecule has 0 aromatic heterocycles. The van der Waals surface area contributed by atoms with Crippen molar-refractivity contribution in [2.45, 2.75) is 58.9 Å². The summed E-state index contributed by atoms with van der Waals surface area (Å²) in [6.45, 7) is 12.8. The molecule has 7 heteroatoms. The second-order valence-electron chi connectivity index (χ2n) is 6.14. The first kappa shape index (κ1) is 25.5. The van der Waals surface area contributed by atoms with E-state index in [-0.39, 0.29) is 14.9 Å². The van der Waals surface area contributed by atoms with E-state index in [4.69, 9.17) is 10.5 Å². The van der Waals surface area contributed by atoms with Crippen molar-refractivity contribution in [1.29, 1.82) is 0 Å². The summed E-state index contributed by atoms with van der Waals surface area (Å²) < 4.78 is 5.28. The van der Waals surface area contributed by atoms with E-state index in [0.29, 0.717) is 32.2 Å². The Labute approximate surface area is 156 Å². The van der Waals surface area contributed by atoms with Gasteiger partial charge < -0.3 is 32.6 Å². The van der Waals surface area contributed by atoms with E-state index in [1.807, 2.05) is 13.1 Å². The smallest absolute Gasteiger partial charge is 0.222 e. The van der Waals surface area contributed by atoms with Crippen molar-refractivity contribution in [3.63, 3.8) is 0 Å². The maximum Gasteiger partial charge on any atom is 0.222 e. The Balaban J connectivity index is -0.000000882. The van der Waals surface area contributed by atoms with Crippen LogP contribution in [0.3, 0.4) is 0 Å². The third kappa shape index (κ3) is 18.4. The van der Waals surface area contributed by atoms with Crippen molar-refractivity contribution < 1.29 is 12.4 Å².